The van der Waals surface area contributed by atoms with Crippen molar-refractivity contribution in [2.75, 3.05) is 32.1 Å². The minimum absolute atomic E-state index is 0.103. The van der Waals surface area contributed by atoms with Crippen LogP contribution in [0.4, 0.5) is 5.69 Å². The molecule has 9 nitrogen and oxygen atoms in total. The Labute approximate surface area is 205 Å². The Morgan fingerprint density at radius 3 is 2.17 bits per heavy atom. The maximum atomic E-state index is 12.5. The van der Waals surface area contributed by atoms with Crippen LogP contribution in [0.5, 0.6) is 5.75 Å². The minimum Gasteiger partial charge on any atom is -0.495 e. The number of carbonyl (C=O) groups is 4. The van der Waals surface area contributed by atoms with E-state index in [2.05, 4.69) is 16.0 Å². The predicted octanol–water partition coefficient (Wildman–Crippen LogP) is 2.32. The van der Waals surface area contributed by atoms with E-state index in [-0.39, 0.29) is 24.4 Å². The van der Waals surface area contributed by atoms with Gasteiger partial charge in [-0.3, -0.25) is 19.2 Å². The Morgan fingerprint density at radius 2 is 1.54 bits per heavy atom. The normalized spacial score (nSPS) is 26.1. The molecule has 0 unspecified atom stereocenters. The van der Waals surface area contributed by atoms with Crippen molar-refractivity contribution in [1.82, 2.24) is 10.6 Å². The van der Waals surface area contributed by atoms with E-state index < -0.39 is 24.4 Å². The molecule has 4 fully saturated rings. The van der Waals surface area contributed by atoms with Gasteiger partial charge in [-0.15, -0.1) is 0 Å². The van der Waals surface area contributed by atoms with E-state index >= 15 is 0 Å². The zero-order valence-corrected chi connectivity index (χ0v) is 20.5. The molecule has 190 valence electrons. The molecule has 4 saturated carbocycles. The molecule has 0 heterocycles. The number of amides is 3. The number of aryl methyl sites for hydroxylation is 1. The van der Waals surface area contributed by atoms with E-state index in [9.17, 15) is 19.2 Å². The summed E-state index contributed by atoms with van der Waals surface area (Å²) in [7, 11) is 1.50. The lowest BCUT2D eigenvalue weighted by atomic mass is 9.49. The standard InChI is InChI=1S/C26H35N3O6/c1-16-3-4-21(34-2)20(5-16)29-23(31)13-27-24(32)15-35-25(33)14-28-22(30)12-26-9-17-6-18(10-26)8-19(7-17)11-26/h3-5,17-19H,6-15H2,1-2H3,(H,27,32)(H,28,30)(H,29,31). The lowest BCUT2D eigenvalue weighted by molar-refractivity contribution is -0.148. The first-order chi connectivity index (χ1) is 16.7. The van der Waals surface area contributed by atoms with Crippen LogP contribution in [0.25, 0.3) is 0 Å². The molecule has 35 heavy (non-hydrogen) atoms. The molecule has 5 rings (SSSR count). The minimum atomic E-state index is -0.687. The fourth-order valence-electron chi connectivity index (χ4n) is 6.62. The summed E-state index contributed by atoms with van der Waals surface area (Å²) in [6.45, 7) is 0.808. The first kappa shape index (κ1) is 25.0. The molecule has 0 spiro atoms. The molecule has 3 N–H and O–H groups in total. The van der Waals surface area contributed by atoms with Crippen molar-refractivity contribution >= 4 is 29.4 Å². The van der Waals surface area contributed by atoms with Gasteiger partial charge in [0.15, 0.2) is 6.61 Å². The average Bonchev–Trinajstić information content (AvgIpc) is 2.79. The van der Waals surface area contributed by atoms with Crippen LogP contribution in [0, 0.1) is 30.1 Å². The van der Waals surface area contributed by atoms with Gasteiger partial charge in [0.05, 0.1) is 19.3 Å². The largest absolute Gasteiger partial charge is 0.495 e. The summed E-state index contributed by atoms with van der Waals surface area (Å²) >= 11 is 0. The molecule has 4 bridgehead atoms. The van der Waals surface area contributed by atoms with Crippen LogP contribution in [0.3, 0.4) is 0 Å². The lowest BCUT2D eigenvalue weighted by Gasteiger charge is -2.56. The third-order valence-electron chi connectivity index (χ3n) is 7.57. The summed E-state index contributed by atoms with van der Waals surface area (Å²) in [5.74, 6) is 0.935. The zero-order valence-electron chi connectivity index (χ0n) is 20.5. The van der Waals surface area contributed by atoms with Crippen LogP contribution in [0.2, 0.25) is 0 Å². The maximum Gasteiger partial charge on any atom is 0.325 e. The van der Waals surface area contributed by atoms with Crippen molar-refractivity contribution in [2.45, 2.75) is 51.9 Å². The molecule has 4 aliphatic rings. The van der Waals surface area contributed by atoms with Crippen LogP contribution >= 0.6 is 0 Å². The number of benzene rings is 1. The van der Waals surface area contributed by atoms with E-state index in [1.807, 2.05) is 13.0 Å². The second-order valence-corrected chi connectivity index (χ2v) is 10.6. The molecule has 0 atom stereocenters. The van der Waals surface area contributed by atoms with E-state index in [0.717, 1.165) is 42.6 Å². The number of esters is 1. The van der Waals surface area contributed by atoms with Gasteiger partial charge in [0.2, 0.25) is 11.8 Å². The molecule has 0 saturated heterocycles. The number of anilines is 1. The molecule has 4 aliphatic carbocycles. The molecule has 0 aromatic heterocycles. The SMILES string of the molecule is COc1ccc(C)cc1NC(=O)CNC(=O)COC(=O)CNC(=O)CC12CC3CC(CC(C3)C1)C2. The second-order valence-electron chi connectivity index (χ2n) is 10.6. The van der Waals surface area contributed by atoms with E-state index in [1.54, 1.807) is 12.1 Å². The van der Waals surface area contributed by atoms with Gasteiger partial charge in [0.1, 0.15) is 12.3 Å². The fourth-order valence-corrected chi connectivity index (χ4v) is 6.62. The molecule has 3 amide bonds. The van der Waals surface area contributed by atoms with Gasteiger partial charge in [-0.25, -0.2) is 0 Å². The number of carbonyl (C=O) groups excluding carboxylic acids is 4. The molecule has 0 radical (unpaired) electrons. The lowest BCUT2D eigenvalue weighted by Crippen LogP contribution is -2.48. The summed E-state index contributed by atoms with van der Waals surface area (Å²) in [5.41, 5.74) is 1.55. The summed E-state index contributed by atoms with van der Waals surface area (Å²) < 4.78 is 10.1. The van der Waals surface area contributed by atoms with Crippen molar-refractivity contribution < 1.29 is 28.7 Å². The van der Waals surface area contributed by atoms with E-state index in [0.29, 0.717) is 17.9 Å². The number of nitrogens with one attached hydrogen (secondary N) is 3. The predicted molar refractivity (Wildman–Crippen MR) is 129 cm³/mol. The van der Waals surface area contributed by atoms with Crippen LogP contribution in [-0.4, -0.2) is 50.5 Å². The highest BCUT2D eigenvalue weighted by atomic mass is 16.5. The van der Waals surface area contributed by atoms with Crippen LogP contribution < -0.4 is 20.7 Å². The Hall–Kier alpha value is -3.10. The van der Waals surface area contributed by atoms with Gasteiger partial charge in [0.25, 0.3) is 5.91 Å². The first-order valence-electron chi connectivity index (χ1n) is 12.4. The Balaban J connectivity index is 1.12. The molecule has 1 aromatic rings. The van der Waals surface area contributed by atoms with Crippen LogP contribution in [0.15, 0.2) is 18.2 Å². The highest BCUT2D eigenvalue weighted by Crippen LogP contribution is 2.61. The van der Waals surface area contributed by atoms with Crippen molar-refractivity contribution in [2.24, 2.45) is 23.2 Å². The number of rotatable bonds is 10. The summed E-state index contributed by atoms with van der Waals surface area (Å²) in [6.07, 6.45) is 7.79. The van der Waals surface area contributed by atoms with Crippen molar-refractivity contribution in [3.05, 3.63) is 23.8 Å². The number of methoxy groups -OCH3 is 1. The molecule has 9 heteroatoms. The Kier molecular flexibility index (Phi) is 7.62. The van der Waals surface area contributed by atoms with Crippen LogP contribution in [-0.2, 0) is 23.9 Å². The van der Waals surface area contributed by atoms with Gasteiger partial charge < -0.3 is 25.4 Å². The monoisotopic (exact) mass is 485 g/mol. The second kappa shape index (κ2) is 10.7. The first-order valence-corrected chi connectivity index (χ1v) is 12.4. The summed E-state index contributed by atoms with van der Waals surface area (Å²) in [6, 6.07) is 5.36. The zero-order chi connectivity index (χ0) is 25.0. The fraction of sp³-hybridized carbons (Fsp3) is 0.615. The third kappa shape index (κ3) is 6.52. The number of hydrogen-bond acceptors (Lipinski definition) is 6. The molecular formula is C26H35N3O6. The highest BCUT2D eigenvalue weighted by Gasteiger charge is 2.51. The van der Waals surface area contributed by atoms with Crippen molar-refractivity contribution in [3.8, 4) is 5.75 Å². The summed E-state index contributed by atoms with van der Waals surface area (Å²) in [5, 5.41) is 7.73. The molecular weight excluding hydrogens is 450 g/mol. The smallest absolute Gasteiger partial charge is 0.325 e. The Morgan fingerprint density at radius 1 is 0.914 bits per heavy atom. The number of hydrogen-bond donors (Lipinski definition) is 3. The van der Waals surface area contributed by atoms with Gasteiger partial charge >= 0.3 is 5.97 Å². The topological polar surface area (TPSA) is 123 Å². The molecule has 1 aromatic carbocycles. The molecule has 0 aliphatic heterocycles. The van der Waals surface area contributed by atoms with Gasteiger partial charge in [-0.1, -0.05) is 6.07 Å². The maximum absolute atomic E-state index is 12.5. The summed E-state index contributed by atoms with van der Waals surface area (Å²) in [4.78, 5) is 48.6. The number of ether oxygens (including phenoxy) is 2. The van der Waals surface area contributed by atoms with Crippen molar-refractivity contribution in [3.63, 3.8) is 0 Å². The average molecular weight is 486 g/mol. The van der Waals surface area contributed by atoms with Crippen LogP contribution in [0.1, 0.15) is 50.5 Å². The highest BCUT2D eigenvalue weighted by molar-refractivity contribution is 5.96. The van der Waals surface area contributed by atoms with E-state index in [1.165, 1.54) is 26.4 Å². The van der Waals surface area contributed by atoms with Gasteiger partial charge in [-0.2, -0.15) is 0 Å². The van der Waals surface area contributed by atoms with Gasteiger partial charge in [0, 0.05) is 6.42 Å². The third-order valence-corrected chi connectivity index (χ3v) is 7.57. The van der Waals surface area contributed by atoms with Gasteiger partial charge in [-0.05, 0) is 86.3 Å². The quantitative estimate of drug-likeness (QED) is 0.437. The van der Waals surface area contributed by atoms with E-state index in [4.69, 9.17) is 9.47 Å². The Bertz CT molecular complexity index is 956. The van der Waals surface area contributed by atoms with Crippen molar-refractivity contribution in [1.29, 1.82) is 0 Å².